The van der Waals surface area contributed by atoms with Gasteiger partial charge >= 0.3 is 6.03 Å². The Bertz CT molecular complexity index is 1110. The average molecular weight is 400 g/mol. The van der Waals surface area contributed by atoms with Crippen molar-refractivity contribution in [1.82, 2.24) is 0 Å². The van der Waals surface area contributed by atoms with E-state index in [0.717, 1.165) is 11.3 Å². The molecule has 0 atom stereocenters. The molecule has 0 radical (unpaired) electrons. The van der Waals surface area contributed by atoms with E-state index in [1.165, 1.54) is 0 Å². The Hall–Kier alpha value is -3.86. The quantitative estimate of drug-likeness (QED) is 0.511. The van der Waals surface area contributed by atoms with Crippen LogP contribution < -0.4 is 16.0 Å². The molecule has 142 valence electrons. The monoisotopic (exact) mass is 399 g/mol. The standard InChI is InChI=1S/C24H18ClN3O/c25-20-13-9-14-21(18-20)27-24(29)28-23-16-7-6-15-22(23)26-17-8-2-5-12-19-10-3-1-4-11-19/h1,3-4,6-7,9-11,13-16,18,26H,17H2,(H2,27,28,29). The molecule has 3 aromatic rings. The first kappa shape index (κ1) is 19.9. The highest BCUT2D eigenvalue weighted by Crippen LogP contribution is 2.21. The maximum Gasteiger partial charge on any atom is 0.323 e. The van der Waals surface area contributed by atoms with Gasteiger partial charge in [0, 0.05) is 16.3 Å². The Kier molecular flexibility index (Phi) is 7.18. The van der Waals surface area contributed by atoms with E-state index in [4.69, 9.17) is 11.6 Å². The lowest BCUT2D eigenvalue weighted by Crippen LogP contribution is -2.20. The SMILES string of the molecule is O=C(Nc1cccc(Cl)c1)Nc1ccccc1NCC#CC#Cc1ccccc1. The van der Waals surface area contributed by atoms with Crippen molar-refractivity contribution in [1.29, 1.82) is 0 Å². The summed E-state index contributed by atoms with van der Waals surface area (Å²) in [5.41, 5.74) is 2.95. The van der Waals surface area contributed by atoms with Gasteiger partial charge in [-0.25, -0.2) is 4.79 Å². The molecule has 0 unspecified atom stereocenters. The van der Waals surface area contributed by atoms with Crippen LogP contribution in [0.4, 0.5) is 21.9 Å². The lowest BCUT2D eigenvalue weighted by Gasteiger charge is -2.12. The Morgan fingerprint density at radius 1 is 0.828 bits per heavy atom. The smallest absolute Gasteiger partial charge is 0.323 e. The van der Waals surface area contributed by atoms with E-state index in [0.29, 0.717) is 22.9 Å². The number of carbonyl (C=O) groups is 1. The summed E-state index contributed by atoms with van der Waals surface area (Å²) in [6.07, 6.45) is 0. The van der Waals surface area contributed by atoms with Gasteiger partial charge in [0.25, 0.3) is 0 Å². The lowest BCUT2D eigenvalue weighted by atomic mass is 10.2. The van der Waals surface area contributed by atoms with Gasteiger partial charge in [0.05, 0.1) is 17.9 Å². The first-order valence-corrected chi connectivity index (χ1v) is 9.29. The van der Waals surface area contributed by atoms with Crippen LogP contribution in [-0.4, -0.2) is 12.6 Å². The van der Waals surface area contributed by atoms with Gasteiger partial charge in [0.1, 0.15) is 0 Å². The zero-order valence-electron chi connectivity index (χ0n) is 15.5. The van der Waals surface area contributed by atoms with Crippen molar-refractivity contribution < 1.29 is 4.79 Å². The maximum atomic E-state index is 12.3. The van der Waals surface area contributed by atoms with Crippen LogP contribution in [0.1, 0.15) is 5.56 Å². The summed E-state index contributed by atoms with van der Waals surface area (Å²) >= 11 is 5.94. The number of urea groups is 1. The molecule has 4 nitrogen and oxygen atoms in total. The number of anilines is 3. The van der Waals surface area contributed by atoms with Gasteiger partial charge in [0.2, 0.25) is 0 Å². The molecule has 0 fully saturated rings. The van der Waals surface area contributed by atoms with Gasteiger partial charge in [-0.3, -0.25) is 0 Å². The maximum absolute atomic E-state index is 12.3. The minimum Gasteiger partial charge on any atom is -0.372 e. The highest BCUT2D eigenvalue weighted by atomic mass is 35.5. The molecule has 3 N–H and O–H groups in total. The normalized spacial score (nSPS) is 9.28. The summed E-state index contributed by atoms with van der Waals surface area (Å²) in [6.45, 7) is 0.401. The number of rotatable bonds is 4. The second-order valence-corrected chi connectivity index (χ2v) is 6.34. The van der Waals surface area contributed by atoms with E-state index in [9.17, 15) is 4.79 Å². The first-order valence-electron chi connectivity index (χ1n) is 8.91. The number of halogens is 1. The Morgan fingerprint density at radius 2 is 1.59 bits per heavy atom. The molecule has 0 saturated carbocycles. The van der Waals surface area contributed by atoms with Crippen LogP contribution in [0.5, 0.6) is 0 Å². The van der Waals surface area contributed by atoms with E-state index < -0.39 is 0 Å². The van der Waals surface area contributed by atoms with Crippen molar-refractivity contribution in [3.8, 4) is 23.7 Å². The predicted octanol–water partition coefficient (Wildman–Crippen LogP) is 5.45. The van der Waals surface area contributed by atoms with Gasteiger partial charge in [-0.2, -0.15) is 0 Å². The number of para-hydroxylation sites is 2. The van der Waals surface area contributed by atoms with Crippen LogP contribution in [0.2, 0.25) is 5.02 Å². The third kappa shape index (κ3) is 6.66. The molecule has 3 aromatic carbocycles. The summed E-state index contributed by atoms with van der Waals surface area (Å²) < 4.78 is 0. The molecule has 0 bridgehead atoms. The fourth-order valence-electron chi connectivity index (χ4n) is 2.45. The molecule has 0 aliphatic rings. The van der Waals surface area contributed by atoms with E-state index >= 15 is 0 Å². The van der Waals surface area contributed by atoms with Crippen LogP contribution in [0.3, 0.4) is 0 Å². The topological polar surface area (TPSA) is 53.2 Å². The number of hydrogen-bond donors (Lipinski definition) is 3. The molecular weight excluding hydrogens is 382 g/mol. The number of carbonyl (C=O) groups excluding carboxylic acids is 1. The number of nitrogens with one attached hydrogen (secondary N) is 3. The molecule has 0 aliphatic carbocycles. The molecule has 29 heavy (non-hydrogen) atoms. The van der Waals surface area contributed by atoms with Crippen LogP contribution in [-0.2, 0) is 0 Å². The molecular formula is C24H18ClN3O. The third-order valence-electron chi connectivity index (χ3n) is 3.76. The van der Waals surface area contributed by atoms with Gasteiger partial charge in [-0.05, 0) is 54.3 Å². The van der Waals surface area contributed by atoms with Crippen molar-refractivity contribution in [3.05, 3.63) is 89.4 Å². The fraction of sp³-hybridized carbons (Fsp3) is 0.0417. The lowest BCUT2D eigenvalue weighted by molar-refractivity contribution is 0.262. The second-order valence-electron chi connectivity index (χ2n) is 5.91. The minimum absolute atomic E-state index is 0.360. The molecule has 0 aromatic heterocycles. The van der Waals surface area contributed by atoms with E-state index in [1.54, 1.807) is 24.3 Å². The van der Waals surface area contributed by atoms with Crippen molar-refractivity contribution >= 4 is 34.7 Å². The zero-order chi connectivity index (χ0) is 20.3. The summed E-state index contributed by atoms with van der Waals surface area (Å²) in [4.78, 5) is 12.3. The fourth-order valence-corrected chi connectivity index (χ4v) is 2.64. The molecule has 0 saturated heterocycles. The predicted molar refractivity (Wildman–Crippen MR) is 120 cm³/mol. The molecule has 0 spiro atoms. The van der Waals surface area contributed by atoms with Crippen LogP contribution >= 0.6 is 11.6 Å². The Balaban J connectivity index is 1.56. The van der Waals surface area contributed by atoms with Crippen molar-refractivity contribution in [2.24, 2.45) is 0 Å². The number of hydrogen-bond acceptors (Lipinski definition) is 2. The van der Waals surface area contributed by atoms with Crippen molar-refractivity contribution in [2.45, 2.75) is 0 Å². The van der Waals surface area contributed by atoms with Crippen molar-refractivity contribution in [2.75, 3.05) is 22.5 Å². The minimum atomic E-state index is -0.360. The molecule has 0 heterocycles. The van der Waals surface area contributed by atoms with Crippen LogP contribution in [0, 0.1) is 23.7 Å². The second kappa shape index (κ2) is 10.5. The van der Waals surface area contributed by atoms with Crippen LogP contribution in [0.25, 0.3) is 0 Å². The zero-order valence-corrected chi connectivity index (χ0v) is 16.3. The molecule has 3 rings (SSSR count). The summed E-state index contributed by atoms with van der Waals surface area (Å²) in [7, 11) is 0. The Labute approximate surface area is 175 Å². The van der Waals surface area contributed by atoms with E-state index in [2.05, 4.69) is 39.6 Å². The highest BCUT2D eigenvalue weighted by molar-refractivity contribution is 6.30. The molecule has 0 aliphatic heterocycles. The molecule has 5 heteroatoms. The van der Waals surface area contributed by atoms with Crippen molar-refractivity contribution in [3.63, 3.8) is 0 Å². The van der Waals surface area contributed by atoms with Gasteiger partial charge in [-0.15, -0.1) is 0 Å². The molecule has 2 amide bonds. The summed E-state index contributed by atoms with van der Waals surface area (Å²) in [5, 5.41) is 9.31. The summed E-state index contributed by atoms with van der Waals surface area (Å²) in [5.74, 6) is 11.6. The van der Waals surface area contributed by atoms with Gasteiger partial charge in [-0.1, -0.05) is 59.8 Å². The van der Waals surface area contributed by atoms with Gasteiger partial charge < -0.3 is 16.0 Å². The average Bonchev–Trinajstić information content (AvgIpc) is 2.72. The largest absolute Gasteiger partial charge is 0.372 e. The number of amides is 2. The Morgan fingerprint density at radius 3 is 2.38 bits per heavy atom. The highest BCUT2D eigenvalue weighted by Gasteiger charge is 2.06. The van der Waals surface area contributed by atoms with Gasteiger partial charge in [0.15, 0.2) is 0 Å². The summed E-state index contributed by atoms with van der Waals surface area (Å²) in [6, 6.07) is 23.7. The third-order valence-corrected chi connectivity index (χ3v) is 3.99. The first-order chi connectivity index (χ1) is 14.2. The van der Waals surface area contributed by atoms with E-state index in [1.807, 2.05) is 54.6 Å². The number of benzene rings is 3. The van der Waals surface area contributed by atoms with Crippen LogP contribution in [0.15, 0.2) is 78.9 Å². The van der Waals surface area contributed by atoms with E-state index in [-0.39, 0.29) is 6.03 Å².